The Labute approximate surface area is 170 Å². The number of pyridine rings is 1. The Balaban J connectivity index is 0.00000169. The summed E-state index contributed by atoms with van der Waals surface area (Å²) in [5, 5.41) is 3.52. The molecule has 2 heterocycles. The molecule has 9 heteroatoms. The van der Waals surface area contributed by atoms with Crippen molar-refractivity contribution in [3.05, 3.63) is 71.6 Å². The SMILES string of the molecule is CNCc1cc(-c2ccccc2Cl)n(S(=O)(=O)c2cccnc2)c1.Cl.Cl. The van der Waals surface area contributed by atoms with Gasteiger partial charge in [0.1, 0.15) is 4.90 Å². The van der Waals surface area contributed by atoms with Crippen LogP contribution in [0.15, 0.2) is 66.0 Å². The van der Waals surface area contributed by atoms with E-state index >= 15 is 0 Å². The summed E-state index contributed by atoms with van der Waals surface area (Å²) in [6.07, 6.45) is 4.48. The van der Waals surface area contributed by atoms with Crippen molar-refractivity contribution >= 4 is 46.4 Å². The van der Waals surface area contributed by atoms with E-state index in [0.717, 1.165) is 5.56 Å². The molecule has 0 amide bonds. The van der Waals surface area contributed by atoms with Gasteiger partial charge in [-0.15, -0.1) is 24.8 Å². The summed E-state index contributed by atoms with van der Waals surface area (Å²) in [6, 6.07) is 12.1. The first kappa shape index (κ1) is 22.5. The highest BCUT2D eigenvalue weighted by Crippen LogP contribution is 2.31. The standard InChI is InChI=1S/C17H16ClN3O2S.2ClH/c1-19-10-13-9-17(15-6-2-3-7-16(15)18)21(12-13)24(22,23)14-5-4-8-20-11-14;;/h2-9,11-12,19H,10H2,1H3;2*1H. The maximum absolute atomic E-state index is 13.0. The van der Waals surface area contributed by atoms with Gasteiger partial charge < -0.3 is 5.32 Å². The average Bonchev–Trinajstić information content (AvgIpc) is 3.01. The van der Waals surface area contributed by atoms with Crippen LogP contribution in [0.2, 0.25) is 5.02 Å². The molecule has 0 saturated heterocycles. The normalized spacial score (nSPS) is 10.7. The zero-order valence-electron chi connectivity index (χ0n) is 13.8. The molecule has 0 spiro atoms. The van der Waals surface area contributed by atoms with Crippen molar-refractivity contribution in [2.75, 3.05) is 7.05 Å². The molecule has 0 atom stereocenters. The minimum Gasteiger partial charge on any atom is -0.316 e. The number of nitrogens with zero attached hydrogens (tertiary/aromatic N) is 2. The van der Waals surface area contributed by atoms with Gasteiger partial charge in [-0.25, -0.2) is 12.4 Å². The molecule has 3 rings (SSSR count). The number of aromatic nitrogens is 2. The Bertz CT molecular complexity index is 960. The van der Waals surface area contributed by atoms with Crippen LogP contribution in [0.5, 0.6) is 0 Å². The topological polar surface area (TPSA) is 64.0 Å². The zero-order chi connectivity index (χ0) is 17.2. The summed E-state index contributed by atoms with van der Waals surface area (Å²) in [6.45, 7) is 0.549. The predicted molar refractivity (Wildman–Crippen MR) is 109 cm³/mol. The van der Waals surface area contributed by atoms with Crippen molar-refractivity contribution in [3.8, 4) is 11.3 Å². The third-order valence-corrected chi connectivity index (χ3v) is 5.55. The van der Waals surface area contributed by atoms with Crippen molar-refractivity contribution in [1.82, 2.24) is 14.3 Å². The monoisotopic (exact) mass is 433 g/mol. The van der Waals surface area contributed by atoms with Gasteiger partial charge in [0, 0.05) is 35.7 Å². The predicted octanol–water partition coefficient (Wildman–Crippen LogP) is 4.00. The molecule has 26 heavy (non-hydrogen) atoms. The first-order valence-electron chi connectivity index (χ1n) is 7.30. The van der Waals surface area contributed by atoms with Crippen LogP contribution in [-0.4, -0.2) is 24.4 Å². The minimum absolute atomic E-state index is 0. The van der Waals surface area contributed by atoms with E-state index < -0.39 is 10.0 Å². The molecule has 0 aliphatic rings. The van der Waals surface area contributed by atoms with Gasteiger partial charge >= 0.3 is 0 Å². The van der Waals surface area contributed by atoms with Crippen molar-refractivity contribution in [2.45, 2.75) is 11.4 Å². The summed E-state index contributed by atoms with van der Waals surface area (Å²) in [7, 11) is -1.96. The van der Waals surface area contributed by atoms with E-state index in [0.29, 0.717) is 22.8 Å². The number of hydrogen-bond acceptors (Lipinski definition) is 4. The lowest BCUT2D eigenvalue weighted by Crippen LogP contribution is -2.13. The van der Waals surface area contributed by atoms with Gasteiger partial charge in [-0.2, -0.15) is 0 Å². The lowest BCUT2D eigenvalue weighted by molar-refractivity contribution is 0.587. The summed E-state index contributed by atoms with van der Waals surface area (Å²) in [5.74, 6) is 0. The van der Waals surface area contributed by atoms with E-state index in [1.807, 2.05) is 25.2 Å². The lowest BCUT2D eigenvalue weighted by Gasteiger charge is -2.11. The summed E-state index contributed by atoms with van der Waals surface area (Å²) < 4.78 is 27.3. The van der Waals surface area contributed by atoms with Crippen molar-refractivity contribution in [2.24, 2.45) is 0 Å². The van der Waals surface area contributed by atoms with Crippen molar-refractivity contribution in [1.29, 1.82) is 0 Å². The number of hydrogen-bond donors (Lipinski definition) is 1. The van der Waals surface area contributed by atoms with Crippen LogP contribution in [0.3, 0.4) is 0 Å². The summed E-state index contributed by atoms with van der Waals surface area (Å²) in [4.78, 5) is 4.04. The fourth-order valence-corrected chi connectivity index (χ4v) is 4.06. The molecule has 0 saturated carbocycles. The average molecular weight is 435 g/mol. The maximum Gasteiger partial charge on any atom is 0.269 e. The van der Waals surface area contributed by atoms with E-state index in [1.54, 1.807) is 24.4 Å². The zero-order valence-corrected chi connectivity index (χ0v) is 17.0. The van der Waals surface area contributed by atoms with Gasteiger partial charge in [0.2, 0.25) is 0 Å². The first-order valence-corrected chi connectivity index (χ1v) is 9.12. The van der Waals surface area contributed by atoms with Gasteiger partial charge in [-0.3, -0.25) is 4.98 Å². The largest absolute Gasteiger partial charge is 0.316 e. The van der Waals surface area contributed by atoms with Gasteiger partial charge in [-0.05, 0) is 36.9 Å². The van der Waals surface area contributed by atoms with E-state index in [2.05, 4.69) is 10.3 Å². The molecule has 0 aliphatic heterocycles. The van der Waals surface area contributed by atoms with Crippen LogP contribution < -0.4 is 5.32 Å². The molecule has 0 bridgehead atoms. The van der Waals surface area contributed by atoms with E-state index in [1.165, 1.54) is 22.4 Å². The molecule has 0 unspecified atom stereocenters. The van der Waals surface area contributed by atoms with E-state index in [9.17, 15) is 8.42 Å². The van der Waals surface area contributed by atoms with Crippen LogP contribution in [0.1, 0.15) is 5.56 Å². The minimum atomic E-state index is -3.76. The van der Waals surface area contributed by atoms with Crippen LogP contribution >= 0.6 is 36.4 Å². The van der Waals surface area contributed by atoms with Crippen molar-refractivity contribution < 1.29 is 8.42 Å². The molecule has 1 N–H and O–H groups in total. The Morgan fingerprint density at radius 1 is 1.15 bits per heavy atom. The first-order chi connectivity index (χ1) is 11.5. The maximum atomic E-state index is 13.0. The van der Waals surface area contributed by atoms with Crippen LogP contribution in [0.25, 0.3) is 11.3 Å². The third-order valence-electron chi connectivity index (χ3n) is 3.56. The molecule has 2 aromatic heterocycles. The molecule has 1 aromatic carbocycles. The van der Waals surface area contributed by atoms with Gasteiger partial charge in [-0.1, -0.05) is 29.8 Å². The second-order valence-electron chi connectivity index (χ2n) is 5.23. The number of halogens is 3. The molecule has 0 fully saturated rings. The second-order valence-corrected chi connectivity index (χ2v) is 7.46. The molecular formula is C17H18Cl3N3O2S. The highest BCUT2D eigenvalue weighted by molar-refractivity contribution is 7.90. The molecule has 0 aliphatic carbocycles. The molecule has 0 radical (unpaired) electrons. The highest BCUT2D eigenvalue weighted by Gasteiger charge is 2.22. The summed E-state index contributed by atoms with van der Waals surface area (Å²) in [5.41, 5.74) is 2.03. The Morgan fingerprint density at radius 3 is 2.50 bits per heavy atom. The Hall–Kier alpha value is -1.57. The summed E-state index contributed by atoms with van der Waals surface area (Å²) >= 11 is 6.28. The van der Waals surface area contributed by atoms with Crippen molar-refractivity contribution in [3.63, 3.8) is 0 Å². The highest BCUT2D eigenvalue weighted by atomic mass is 35.5. The number of rotatable bonds is 5. The number of nitrogens with one attached hydrogen (secondary N) is 1. The van der Waals surface area contributed by atoms with Gasteiger partial charge in [0.05, 0.1) is 5.69 Å². The second kappa shape index (κ2) is 9.39. The van der Waals surface area contributed by atoms with Crippen LogP contribution in [0, 0.1) is 0 Å². The van der Waals surface area contributed by atoms with E-state index in [-0.39, 0.29) is 29.7 Å². The smallest absolute Gasteiger partial charge is 0.269 e. The van der Waals surface area contributed by atoms with Crippen LogP contribution in [-0.2, 0) is 16.6 Å². The number of benzene rings is 1. The van der Waals surface area contributed by atoms with E-state index in [4.69, 9.17) is 11.6 Å². The molecule has 5 nitrogen and oxygen atoms in total. The van der Waals surface area contributed by atoms with Gasteiger partial charge in [0.15, 0.2) is 0 Å². The molecular weight excluding hydrogens is 417 g/mol. The Morgan fingerprint density at radius 2 is 1.88 bits per heavy atom. The molecule has 3 aromatic rings. The third kappa shape index (κ3) is 4.39. The quantitative estimate of drug-likeness (QED) is 0.659. The Kier molecular flexibility index (Phi) is 8.12. The fraction of sp³-hybridized carbons (Fsp3) is 0.118. The molecule has 140 valence electrons. The van der Waals surface area contributed by atoms with Gasteiger partial charge in [0.25, 0.3) is 10.0 Å². The van der Waals surface area contributed by atoms with Crippen LogP contribution in [0.4, 0.5) is 0 Å². The lowest BCUT2D eigenvalue weighted by atomic mass is 10.1. The fourth-order valence-electron chi connectivity index (χ4n) is 2.47.